The first kappa shape index (κ1) is 20.4. The van der Waals surface area contributed by atoms with Crippen LogP contribution in [0.4, 0.5) is 4.39 Å². The van der Waals surface area contributed by atoms with Gasteiger partial charge in [0.05, 0.1) is 0 Å². The van der Waals surface area contributed by atoms with Crippen molar-refractivity contribution in [3.8, 4) is 0 Å². The zero-order valence-corrected chi connectivity index (χ0v) is 16.5. The predicted octanol–water partition coefficient (Wildman–Crippen LogP) is 2.72. The normalized spacial score (nSPS) is 11.4. The van der Waals surface area contributed by atoms with E-state index < -0.39 is 0 Å². The monoisotopic (exact) mass is 395 g/mol. The Kier molecular flexibility index (Phi) is 7.22. The summed E-state index contributed by atoms with van der Waals surface area (Å²) in [5, 5.41) is 10.2. The maximum absolute atomic E-state index is 13.3. The van der Waals surface area contributed by atoms with E-state index in [0.29, 0.717) is 25.6 Å². The second-order valence-corrected chi connectivity index (χ2v) is 6.64. The van der Waals surface area contributed by atoms with Crippen LogP contribution in [0.3, 0.4) is 0 Å². The molecule has 0 spiro atoms. The largest absolute Gasteiger partial charge is 0.361 e. The summed E-state index contributed by atoms with van der Waals surface area (Å²) in [6.07, 6.45) is 2.64. The van der Waals surface area contributed by atoms with Crippen LogP contribution in [0.2, 0.25) is 0 Å². The Morgan fingerprint density at radius 3 is 2.72 bits per heavy atom. The molecule has 0 saturated heterocycles. The van der Waals surface area contributed by atoms with Crippen molar-refractivity contribution in [2.75, 3.05) is 19.6 Å². The summed E-state index contributed by atoms with van der Waals surface area (Å²) in [7, 11) is 0. The molecule has 0 atom stereocenters. The summed E-state index contributed by atoms with van der Waals surface area (Å²) in [6, 6.07) is 14.5. The van der Waals surface area contributed by atoms with E-state index >= 15 is 0 Å². The number of H-pyrrole nitrogens is 1. The van der Waals surface area contributed by atoms with E-state index in [0.717, 1.165) is 28.5 Å². The minimum atomic E-state index is -0.254. The first-order valence-corrected chi connectivity index (χ1v) is 9.74. The fourth-order valence-corrected chi connectivity index (χ4v) is 3.03. The maximum Gasteiger partial charge on any atom is 0.242 e. The molecule has 1 heterocycles. The lowest BCUT2D eigenvalue weighted by Crippen LogP contribution is -2.39. The average molecular weight is 395 g/mol. The Bertz CT molecular complexity index is 968. The summed E-state index contributed by atoms with van der Waals surface area (Å²) < 4.78 is 13.3. The molecule has 0 bridgehead atoms. The lowest BCUT2D eigenvalue weighted by atomic mass is 10.1. The van der Waals surface area contributed by atoms with Gasteiger partial charge in [0.2, 0.25) is 5.91 Å². The summed E-state index contributed by atoms with van der Waals surface area (Å²) in [4.78, 5) is 19.5. The number of halogens is 1. The first-order chi connectivity index (χ1) is 14.2. The first-order valence-electron chi connectivity index (χ1n) is 9.74. The fraction of sp³-hybridized carbons (Fsp3) is 0.273. The number of amides is 1. The molecule has 1 amide bonds. The summed E-state index contributed by atoms with van der Waals surface area (Å²) in [5.41, 5.74) is 2.94. The molecule has 6 nitrogen and oxygen atoms in total. The van der Waals surface area contributed by atoms with Crippen LogP contribution in [0.15, 0.2) is 59.7 Å². The van der Waals surface area contributed by atoms with Gasteiger partial charge >= 0.3 is 0 Å². The van der Waals surface area contributed by atoms with Gasteiger partial charge in [-0.3, -0.25) is 4.79 Å². The van der Waals surface area contributed by atoms with Gasteiger partial charge in [0, 0.05) is 36.7 Å². The molecule has 152 valence electrons. The molecule has 3 aromatic rings. The van der Waals surface area contributed by atoms with Crippen molar-refractivity contribution in [3.63, 3.8) is 0 Å². The molecule has 0 aliphatic heterocycles. The quantitative estimate of drug-likeness (QED) is 0.350. The zero-order valence-electron chi connectivity index (χ0n) is 16.5. The summed E-state index contributed by atoms with van der Waals surface area (Å²) in [5.74, 6) is 0.203. The minimum Gasteiger partial charge on any atom is -0.361 e. The number of rotatable bonds is 8. The molecule has 29 heavy (non-hydrogen) atoms. The summed E-state index contributed by atoms with van der Waals surface area (Å²) >= 11 is 0. The van der Waals surface area contributed by atoms with Crippen molar-refractivity contribution in [3.05, 3.63) is 71.7 Å². The molecule has 0 saturated carbocycles. The van der Waals surface area contributed by atoms with Crippen LogP contribution in [-0.2, 0) is 17.8 Å². The molecule has 2 aromatic carbocycles. The highest BCUT2D eigenvalue weighted by atomic mass is 19.1. The van der Waals surface area contributed by atoms with Crippen LogP contribution in [0.5, 0.6) is 0 Å². The van der Waals surface area contributed by atoms with E-state index in [9.17, 15) is 9.18 Å². The molecule has 4 N–H and O–H groups in total. The number of benzene rings is 2. The van der Waals surface area contributed by atoms with E-state index in [1.54, 1.807) is 6.07 Å². The van der Waals surface area contributed by atoms with Gasteiger partial charge in [0.25, 0.3) is 0 Å². The van der Waals surface area contributed by atoms with Crippen LogP contribution in [0, 0.1) is 5.82 Å². The number of hydrogen-bond donors (Lipinski definition) is 4. The van der Waals surface area contributed by atoms with Crippen LogP contribution in [0.25, 0.3) is 10.9 Å². The molecule has 0 fully saturated rings. The van der Waals surface area contributed by atoms with Crippen molar-refractivity contribution in [2.45, 2.75) is 19.9 Å². The second-order valence-electron chi connectivity index (χ2n) is 6.64. The van der Waals surface area contributed by atoms with Gasteiger partial charge in [0.15, 0.2) is 5.96 Å². The molecule has 0 aliphatic carbocycles. The third kappa shape index (κ3) is 6.07. The van der Waals surface area contributed by atoms with Crippen LogP contribution in [-0.4, -0.2) is 36.5 Å². The number of nitrogens with one attached hydrogen (secondary N) is 4. The smallest absolute Gasteiger partial charge is 0.242 e. The molecular formula is C22H26FN5O. The highest BCUT2D eigenvalue weighted by Crippen LogP contribution is 2.19. The van der Waals surface area contributed by atoms with Gasteiger partial charge in [0.1, 0.15) is 12.4 Å². The highest BCUT2D eigenvalue weighted by molar-refractivity contribution is 5.85. The molecular weight excluding hydrogens is 369 g/mol. The molecule has 7 heteroatoms. The molecule has 3 rings (SSSR count). The summed E-state index contributed by atoms with van der Waals surface area (Å²) in [6.45, 7) is 3.85. The van der Waals surface area contributed by atoms with Crippen molar-refractivity contribution in [1.82, 2.24) is 20.9 Å². The maximum atomic E-state index is 13.3. The standard InChI is InChI=1S/C22H26FN5O/c1-2-24-22(28-15-21(29)27-13-16-6-4-3-5-7-16)25-11-10-17-14-26-20-12-18(23)8-9-19(17)20/h3-9,12,14,26H,2,10-11,13,15H2,1H3,(H,27,29)(H2,24,25,28). The molecule has 0 unspecified atom stereocenters. The third-order valence-electron chi connectivity index (χ3n) is 4.47. The lowest BCUT2D eigenvalue weighted by molar-refractivity contribution is -0.119. The second kappa shape index (κ2) is 10.3. The van der Waals surface area contributed by atoms with Gasteiger partial charge in [-0.1, -0.05) is 30.3 Å². The van der Waals surface area contributed by atoms with Gasteiger partial charge in [-0.05, 0) is 42.7 Å². The number of aromatic nitrogens is 1. The van der Waals surface area contributed by atoms with E-state index in [2.05, 4.69) is 25.9 Å². The number of fused-ring (bicyclic) bond motifs is 1. The van der Waals surface area contributed by atoms with E-state index in [1.807, 2.05) is 43.5 Å². The topological polar surface area (TPSA) is 81.3 Å². The number of aromatic amines is 1. The molecule has 0 radical (unpaired) electrons. The number of carbonyl (C=O) groups is 1. The molecule has 0 aliphatic rings. The number of carbonyl (C=O) groups excluding carboxylic acids is 1. The van der Waals surface area contributed by atoms with Crippen molar-refractivity contribution in [2.24, 2.45) is 4.99 Å². The van der Waals surface area contributed by atoms with Crippen molar-refractivity contribution >= 4 is 22.8 Å². The van der Waals surface area contributed by atoms with Crippen LogP contribution >= 0.6 is 0 Å². The highest BCUT2D eigenvalue weighted by Gasteiger charge is 2.06. The fourth-order valence-electron chi connectivity index (χ4n) is 3.03. The van der Waals surface area contributed by atoms with Crippen molar-refractivity contribution in [1.29, 1.82) is 0 Å². The minimum absolute atomic E-state index is 0.0501. The SMILES string of the molecule is CCNC(=NCC(=O)NCc1ccccc1)NCCc1c[nH]c2cc(F)ccc12. The average Bonchev–Trinajstić information content (AvgIpc) is 3.13. The Balaban J connectivity index is 1.49. The number of nitrogens with zero attached hydrogens (tertiary/aromatic N) is 1. The lowest BCUT2D eigenvalue weighted by Gasteiger charge is -2.11. The Labute approximate surface area is 169 Å². The van der Waals surface area contributed by atoms with E-state index in [1.165, 1.54) is 12.1 Å². The Hall–Kier alpha value is -3.35. The van der Waals surface area contributed by atoms with Gasteiger partial charge in [-0.2, -0.15) is 0 Å². The van der Waals surface area contributed by atoms with Gasteiger partial charge in [-0.25, -0.2) is 9.38 Å². The van der Waals surface area contributed by atoms with Crippen molar-refractivity contribution < 1.29 is 9.18 Å². The number of hydrogen-bond acceptors (Lipinski definition) is 2. The van der Waals surface area contributed by atoms with E-state index in [-0.39, 0.29) is 18.3 Å². The van der Waals surface area contributed by atoms with E-state index in [4.69, 9.17) is 0 Å². The Morgan fingerprint density at radius 2 is 1.93 bits per heavy atom. The number of guanidine groups is 1. The predicted molar refractivity (Wildman–Crippen MR) is 114 cm³/mol. The van der Waals surface area contributed by atoms with Gasteiger partial charge in [-0.15, -0.1) is 0 Å². The Morgan fingerprint density at radius 1 is 1.10 bits per heavy atom. The van der Waals surface area contributed by atoms with Gasteiger partial charge < -0.3 is 20.9 Å². The third-order valence-corrected chi connectivity index (χ3v) is 4.47. The molecule has 1 aromatic heterocycles. The number of aliphatic imine (C=N–C) groups is 1. The van der Waals surface area contributed by atoms with Crippen LogP contribution < -0.4 is 16.0 Å². The van der Waals surface area contributed by atoms with Crippen LogP contribution in [0.1, 0.15) is 18.1 Å². The zero-order chi connectivity index (χ0) is 20.5.